The number of hydrogen-bond donors (Lipinski definition) is 0. The summed E-state index contributed by atoms with van der Waals surface area (Å²) in [6, 6.07) is 4.37. The lowest BCUT2D eigenvalue weighted by Crippen LogP contribution is -2.15. The van der Waals surface area contributed by atoms with Crippen molar-refractivity contribution in [3.8, 4) is 11.5 Å². The maximum atomic E-state index is 6.31. The molecule has 3 unspecified atom stereocenters. The highest BCUT2D eigenvalue weighted by atomic mass is 35.5. The minimum absolute atomic E-state index is 0.0713. The molecule has 1 saturated carbocycles. The van der Waals surface area contributed by atoms with Crippen LogP contribution >= 0.6 is 11.6 Å². The maximum Gasteiger partial charge on any atom is 0.161 e. The Kier molecular flexibility index (Phi) is 8.10. The predicted molar refractivity (Wildman–Crippen MR) is 108 cm³/mol. The number of rotatable bonds is 10. The lowest BCUT2D eigenvalue weighted by Gasteiger charge is -2.23. The second-order valence-corrected chi connectivity index (χ2v) is 7.89. The summed E-state index contributed by atoms with van der Waals surface area (Å²) >= 11 is 5.78. The average molecular weight is 397 g/mol. The summed E-state index contributed by atoms with van der Waals surface area (Å²) in [6.45, 7) is 7.49. The molecule has 0 bridgehead atoms. The second-order valence-electron chi connectivity index (χ2n) is 7.51. The normalized spacial score (nSPS) is 24.2. The van der Waals surface area contributed by atoms with Gasteiger partial charge >= 0.3 is 0 Å². The van der Waals surface area contributed by atoms with E-state index in [1.165, 1.54) is 30.4 Å². The Morgan fingerprint density at radius 3 is 2.37 bits per heavy atom. The van der Waals surface area contributed by atoms with E-state index in [2.05, 4.69) is 26.0 Å². The van der Waals surface area contributed by atoms with Crippen molar-refractivity contribution in [2.45, 2.75) is 58.0 Å². The van der Waals surface area contributed by atoms with E-state index in [9.17, 15) is 0 Å². The molecule has 2 aliphatic rings. The van der Waals surface area contributed by atoms with Gasteiger partial charge in [-0.1, -0.05) is 20.3 Å². The zero-order valence-electron chi connectivity index (χ0n) is 16.7. The van der Waals surface area contributed by atoms with Gasteiger partial charge in [0.25, 0.3) is 0 Å². The van der Waals surface area contributed by atoms with Crippen LogP contribution in [0.1, 0.15) is 69.1 Å². The smallest absolute Gasteiger partial charge is 0.161 e. The topological polar surface area (TPSA) is 36.9 Å². The van der Waals surface area contributed by atoms with Crippen molar-refractivity contribution in [3.63, 3.8) is 0 Å². The first-order valence-electron chi connectivity index (χ1n) is 10.5. The van der Waals surface area contributed by atoms with Crippen LogP contribution in [0.4, 0.5) is 0 Å². The summed E-state index contributed by atoms with van der Waals surface area (Å²) in [4.78, 5) is 0. The van der Waals surface area contributed by atoms with E-state index < -0.39 is 0 Å². The summed E-state index contributed by atoms with van der Waals surface area (Å²) in [5, 5.41) is 0. The molecule has 1 heterocycles. The molecule has 0 aromatic heterocycles. The van der Waals surface area contributed by atoms with Gasteiger partial charge in [-0.05, 0) is 60.8 Å². The van der Waals surface area contributed by atoms with E-state index in [0.717, 1.165) is 30.9 Å². The van der Waals surface area contributed by atoms with Gasteiger partial charge in [-0.25, -0.2) is 0 Å². The molecule has 1 aliphatic heterocycles. The lowest BCUT2D eigenvalue weighted by atomic mass is 9.86. The fraction of sp³-hybridized carbons (Fsp3) is 0.727. The fourth-order valence-corrected chi connectivity index (χ4v) is 4.31. The minimum Gasteiger partial charge on any atom is -0.490 e. The molecule has 0 N–H and O–H groups in total. The van der Waals surface area contributed by atoms with Crippen LogP contribution in [0.3, 0.4) is 0 Å². The van der Waals surface area contributed by atoms with Gasteiger partial charge in [0, 0.05) is 5.88 Å². The molecule has 1 fully saturated rings. The van der Waals surface area contributed by atoms with Crippen LogP contribution in [0.5, 0.6) is 11.5 Å². The Balaban J connectivity index is 1.95. The Morgan fingerprint density at radius 2 is 1.70 bits per heavy atom. The first-order valence-corrected chi connectivity index (χ1v) is 11.0. The van der Waals surface area contributed by atoms with Crippen molar-refractivity contribution in [1.82, 2.24) is 0 Å². The monoisotopic (exact) mass is 396 g/mol. The molecule has 0 saturated heterocycles. The zero-order valence-corrected chi connectivity index (χ0v) is 17.4. The van der Waals surface area contributed by atoms with Gasteiger partial charge < -0.3 is 18.9 Å². The van der Waals surface area contributed by atoms with Gasteiger partial charge in [0.05, 0.1) is 33.0 Å². The van der Waals surface area contributed by atoms with Gasteiger partial charge in [-0.3, -0.25) is 0 Å². The highest BCUT2D eigenvalue weighted by Gasteiger charge is 2.36. The number of ether oxygens (including phenoxy) is 4. The summed E-state index contributed by atoms with van der Waals surface area (Å²) in [5.74, 6) is 3.33. The molecule has 0 spiro atoms. The van der Waals surface area contributed by atoms with Crippen LogP contribution in [0.25, 0.3) is 0 Å². The van der Waals surface area contributed by atoms with Gasteiger partial charge in [-0.2, -0.15) is 0 Å². The molecule has 1 aromatic rings. The van der Waals surface area contributed by atoms with Gasteiger partial charge in [0.2, 0.25) is 0 Å². The van der Waals surface area contributed by atoms with Crippen LogP contribution in [-0.2, 0) is 9.47 Å². The number of fused-ring (bicyclic) bond motifs is 3. The van der Waals surface area contributed by atoms with Crippen molar-refractivity contribution in [2.24, 2.45) is 5.92 Å². The maximum absolute atomic E-state index is 6.31. The molecule has 4 nitrogen and oxygen atoms in total. The fourth-order valence-electron chi connectivity index (χ4n) is 4.20. The number of benzene rings is 1. The quantitative estimate of drug-likeness (QED) is 0.388. The third-order valence-electron chi connectivity index (χ3n) is 5.48. The standard InChI is InChI=1S/C22H33ClO4/c1-3-9-25-20-12-18-17-7-5-6-16(17)14-27-22(15-24-11-8-23)19(18)13-21(20)26-10-4-2/h12-13,16-17,22H,3-11,14-15H2,1-2H3. The van der Waals surface area contributed by atoms with Crippen molar-refractivity contribution >= 4 is 11.6 Å². The zero-order chi connectivity index (χ0) is 19.1. The minimum atomic E-state index is -0.0713. The van der Waals surface area contributed by atoms with Crippen LogP contribution in [-0.4, -0.2) is 38.9 Å². The van der Waals surface area contributed by atoms with Gasteiger partial charge in [-0.15, -0.1) is 11.6 Å². The van der Waals surface area contributed by atoms with E-state index >= 15 is 0 Å². The molecule has 152 valence electrons. The van der Waals surface area contributed by atoms with Crippen LogP contribution in [0.2, 0.25) is 0 Å². The van der Waals surface area contributed by atoms with Gasteiger partial charge in [0.15, 0.2) is 11.5 Å². The molecule has 3 atom stereocenters. The van der Waals surface area contributed by atoms with E-state index in [0.29, 0.717) is 44.1 Å². The number of hydrogen-bond acceptors (Lipinski definition) is 4. The molecule has 1 aromatic carbocycles. The second kappa shape index (κ2) is 10.5. The van der Waals surface area contributed by atoms with E-state index in [1.54, 1.807) is 0 Å². The SMILES string of the molecule is CCCOc1cc2c(cc1OCCC)C1CCCC1COC2COCCCl. The highest BCUT2D eigenvalue weighted by Crippen LogP contribution is 2.48. The van der Waals surface area contributed by atoms with E-state index in [1.807, 2.05) is 0 Å². The van der Waals surface area contributed by atoms with Crippen LogP contribution < -0.4 is 9.47 Å². The van der Waals surface area contributed by atoms with E-state index in [4.69, 9.17) is 30.5 Å². The first-order chi connectivity index (χ1) is 13.3. The highest BCUT2D eigenvalue weighted by molar-refractivity contribution is 6.17. The van der Waals surface area contributed by atoms with Crippen molar-refractivity contribution < 1.29 is 18.9 Å². The van der Waals surface area contributed by atoms with Crippen molar-refractivity contribution in [2.75, 3.05) is 38.9 Å². The van der Waals surface area contributed by atoms with Crippen LogP contribution in [0.15, 0.2) is 12.1 Å². The summed E-state index contributed by atoms with van der Waals surface area (Å²) in [6.07, 6.45) is 5.60. The van der Waals surface area contributed by atoms with Crippen molar-refractivity contribution in [1.29, 1.82) is 0 Å². The molecular weight excluding hydrogens is 364 g/mol. The average Bonchev–Trinajstić information content (AvgIpc) is 3.10. The molecule has 0 radical (unpaired) electrons. The Bertz CT molecular complexity index is 592. The molecule has 3 rings (SSSR count). The molecule has 1 aliphatic carbocycles. The first kappa shape index (κ1) is 20.8. The Labute approximate surface area is 168 Å². The van der Waals surface area contributed by atoms with E-state index in [-0.39, 0.29) is 6.10 Å². The van der Waals surface area contributed by atoms with Gasteiger partial charge in [0.1, 0.15) is 6.10 Å². The third kappa shape index (κ3) is 5.10. The molecular formula is C22H33ClO4. The number of alkyl halides is 1. The molecule has 5 heteroatoms. The summed E-state index contributed by atoms with van der Waals surface area (Å²) < 4.78 is 24.1. The Hall–Kier alpha value is -0.970. The molecule has 27 heavy (non-hydrogen) atoms. The lowest BCUT2D eigenvalue weighted by molar-refractivity contribution is -0.0239. The van der Waals surface area contributed by atoms with Crippen molar-refractivity contribution in [3.05, 3.63) is 23.3 Å². The summed E-state index contributed by atoms with van der Waals surface area (Å²) in [7, 11) is 0. The predicted octanol–water partition coefficient (Wildman–Crippen LogP) is 5.47. The summed E-state index contributed by atoms with van der Waals surface area (Å²) in [5.41, 5.74) is 2.57. The number of halogens is 1. The third-order valence-corrected chi connectivity index (χ3v) is 5.63. The largest absolute Gasteiger partial charge is 0.490 e. The molecule has 0 amide bonds. The van der Waals surface area contributed by atoms with Crippen LogP contribution in [0, 0.1) is 5.92 Å². The Morgan fingerprint density at radius 1 is 1.00 bits per heavy atom.